The van der Waals surface area contributed by atoms with Crippen LogP contribution in [0.5, 0.6) is 0 Å². The van der Waals surface area contributed by atoms with Crippen molar-refractivity contribution in [1.29, 1.82) is 0 Å². The van der Waals surface area contributed by atoms with Crippen LogP contribution in [0.1, 0.15) is 17.0 Å². The third-order valence-electron chi connectivity index (χ3n) is 4.12. The Morgan fingerprint density at radius 2 is 1.77 bits per heavy atom. The molecule has 5 nitrogen and oxygen atoms in total. The molecule has 0 aromatic carbocycles. The van der Waals surface area contributed by atoms with E-state index in [0.29, 0.717) is 5.82 Å². The quantitative estimate of drug-likeness (QED) is 0.939. The van der Waals surface area contributed by atoms with Crippen molar-refractivity contribution in [2.24, 2.45) is 0 Å². The van der Waals surface area contributed by atoms with Crippen LogP contribution in [-0.2, 0) is 6.54 Å². The molecule has 3 heterocycles. The molecule has 1 fully saturated rings. The lowest BCUT2D eigenvalue weighted by atomic mass is 10.2. The highest BCUT2D eigenvalue weighted by Gasteiger charge is 2.18. The van der Waals surface area contributed by atoms with Gasteiger partial charge in [0.05, 0.1) is 0 Å². The van der Waals surface area contributed by atoms with Gasteiger partial charge >= 0.3 is 0 Å². The zero-order valence-electron chi connectivity index (χ0n) is 13.3. The first-order chi connectivity index (χ1) is 10.6. The van der Waals surface area contributed by atoms with Gasteiger partial charge in [-0.1, -0.05) is 6.07 Å². The summed E-state index contributed by atoms with van der Waals surface area (Å²) in [6.07, 6.45) is 1.74. The molecule has 0 bridgehead atoms. The standard InChI is InChI=1S/C17H23N5/c1-13-10-16(11-14(2)20-13)22-8-6-21(7-9-22)12-15-4-3-5-19-17(15)18/h3-5,10-11H,6-9,12H2,1-2H3,(H2,18,19). The second kappa shape index (κ2) is 6.32. The van der Waals surface area contributed by atoms with Crippen molar-refractivity contribution in [3.63, 3.8) is 0 Å². The molecule has 5 heteroatoms. The van der Waals surface area contributed by atoms with Crippen LogP contribution in [0.15, 0.2) is 30.5 Å². The summed E-state index contributed by atoms with van der Waals surface area (Å²) in [6.45, 7) is 9.12. The highest BCUT2D eigenvalue weighted by molar-refractivity contribution is 5.48. The van der Waals surface area contributed by atoms with Gasteiger partial charge in [0.25, 0.3) is 0 Å². The molecule has 0 atom stereocenters. The summed E-state index contributed by atoms with van der Waals surface area (Å²) in [4.78, 5) is 13.5. The van der Waals surface area contributed by atoms with Crippen LogP contribution in [0.3, 0.4) is 0 Å². The Morgan fingerprint density at radius 3 is 2.41 bits per heavy atom. The van der Waals surface area contributed by atoms with Crippen LogP contribution in [0.2, 0.25) is 0 Å². The van der Waals surface area contributed by atoms with Gasteiger partial charge in [0.1, 0.15) is 5.82 Å². The highest BCUT2D eigenvalue weighted by atomic mass is 15.3. The minimum atomic E-state index is 0.644. The van der Waals surface area contributed by atoms with Crippen molar-refractivity contribution in [3.05, 3.63) is 47.4 Å². The van der Waals surface area contributed by atoms with Crippen LogP contribution in [-0.4, -0.2) is 41.0 Å². The van der Waals surface area contributed by atoms with Gasteiger partial charge in [0.2, 0.25) is 0 Å². The van der Waals surface area contributed by atoms with Gasteiger partial charge in [-0.2, -0.15) is 0 Å². The maximum atomic E-state index is 5.93. The second-order valence-electron chi connectivity index (χ2n) is 5.92. The van der Waals surface area contributed by atoms with E-state index in [-0.39, 0.29) is 0 Å². The summed E-state index contributed by atoms with van der Waals surface area (Å²) in [5, 5.41) is 0. The summed E-state index contributed by atoms with van der Waals surface area (Å²) >= 11 is 0. The van der Waals surface area contributed by atoms with Gasteiger partial charge < -0.3 is 10.6 Å². The van der Waals surface area contributed by atoms with Crippen molar-refractivity contribution in [2.45, 2.75) is 20.4 Å². The molecule has 0 unspecified atom stereocenters. The van der Waals surface area contributed by atoms with E-state index in [2.05, 4.69) is 51.8 Å². The fourth-order valence-electron chi connectivity index (χ4n) is 2.98. The normalized spacial score (nSPS) is 16.0. The van der Waals surface area contributed by atoms with E-state index in [0.717, 1.165) is 49.7 Å². The monoisotopic (exact) mass is 297 g/mol. The summed E-state index contributed by atoms with van der Waals surface area (Å²) in [5.41, 5.74) is 10.5. The Labute approximate surface area is 131 Å². The number of nitrogen functional groups attached to an aromatic ring is 1. The van der Waals surface area contributed by atoms with Crippen molar-refractivity contribution < 1.29 is 0 Å². The molecule has 1 aliphatic rings. The van der Waals surface area contributed by atoms with E-state index >= 15 is 0 Å². The smallest absolute Gasteiger partial charge is 0.127 e. The van der Waals surface area contributed by atoms with Crippen LogP contribution < -0.4 is 10.6 Å². The Kier molecular flexibility index (Phi) is 4.24. The van der Waals surface area contributed by atoms with E-state index in [1.807, 2.05) is 6.07 Å². The van der Waals surface area contributed by atoms with Gasteiger partial charge in [0, 0.05) is 61.6 Å². The number of hydrogen-bond donors (Lipinski definition) is 1. The fourth-order valence-corrected chi connectivity index (χ4v) is 2.98. The lowest BCUT2D eigenvalue weighted by Crippen LogP contribution is -2.46. The number of hydrogen-bond acceptors (Lipinski definition) is 5. The number of pyridine rings is 2. The summed E-state index contributed by atoms with van der Waals surface area (Å²) < 4.78 is 0. The predicted molar refractivity (Wildman–Crippen MR) is 89.9 cm³/mol. The molecule has 2 aromatic heterocycles. The van der Waals surface area contributed by atoms with E-state index in [1.165, 1.54) is 5.69 Å². The van der Waals surface area contributed by atoms with Gasteiger partial charge in [-0.25, -0.2) is 4.98 Å². The Hall–Kier alpha value is -2.14. The Bertz CT molecular complexity index is 627. The third-order valence-corrected chi connectivity index (χ3v) is 4.12. The molecule has 1 aliphatic heterocycles. The SMILES string of the molecule is Cc1cc(N2CCN(Cc3cccnc3N)CC2)cc(C)n1. The molecule has 2 N–H and O–H groups in total. The summed E-state index contributed by atoms with van der Waals surface area (Å²) in [5.74, 6) is 0.644. The zero-order valence-corrected chi connectivity index (χ0v) is 13.3. The van der Waals surface area contributed by atoms with E-state index in [1.54, 1.807) is 6.20 Å². The van der Waals surface area contributed by atoms with Gasteiger partial charge in [0.15, 0.2) is 0 Å². The van der Waals surface area contributed by atoms with Gasteiger partial charge in [-0.05, 0) is 32.0 Å². The molecule has 0 spiro atoms. The topological polar surface area (TPSA) is 58.3 Å². The minimum Gasteiger partial charge on any atom is -0.383 e. The summed E-state index contributed by atoms with van der Waals surface area (Å²) in [7, 11) is 0. The maximum Gasteiger partial charge on any atom is 0.127 e. The van der Waals surface area contributed by atoms with Crippen molar-refractivity contribution in [2.75, 3.05) is 36.8 Å². The lowest BCUT2D eigenvalue weighted by Gasteiger charge is -2.36. The van der Waals surface area contributed by atoms with E-state index in [4.69, 9.17) is 5.73 Å². The molecule has 0 saturated carbocycles. The zero-order chi connectivity index (χ0) is 15.5. The first-order valence-electron chi connectivity index (χ1n) is 7.74. The highest BCUT2D eigenvalue weighted by Crippen LogP contribution is 2.19. The number of anilines is 2. The predicted octanol–water partition coefficient (Wildman–Crippen LogP) is 2.00. The molecular formula is C17H23N5. The van der Waals surface area contributed by atoms with E-state index in [9.17, 15) is 0 Å². The van der Waals surface area contributed by atoms with Crippen LogP contribution in [0, 0.1) is 13.8 Å². The fraction of sp³-hybridized carbons (Fsp3) is 0.412. The Balaban J connectivity index is 1.62. The summed E-state index contributed by atoms with van der Waals surface area (Å²) in [6, 6.07) is 8.35. The van der Waals surface area contributed by atoms with Crippen LogP contribution in [0.25, 0.3) is 0 Å². The average molecular weight is 297 g/mol. The first-order valence-corrected chi connectivity index (χ1v) is 7.74. The third kappa shape index (κ3) is 3.36. The van der Waals surface area contributed by atoms with Crippen molar-refractivity contribution in [1.82, 2.24) is 14.9 Å². The average Bonchev–Trinajstić information content (AvgIpc) is 2.49. The number of aryl methyl sites for hydroxylation is 2. The molecule has 116 valence electrons. The van der Waals surface area contributed by atoms with Crippen LogP contribution in [0.4, 0.5) is 11.5 Å². The van der Waals surface area contributed by atoms with Gasteiger partial charge in [-0.3, -0.25) is 9.88 Å². The number of nitrogens with zero attached hydrogens (tertiary/aromatic N) is 4. The van der Waals surface area contributed by atoms with Crippen molar-refractivity contribution in [3.8, 4) is 0 Å². The lowest BCUT2D eigenvalue weighted by molar-refractivity contribution is 0.250. The number of rotatable bonds is 3. The van der Waals surface area contributed by atoms with Crippen molar-refractivity contribution >= 4 is 11.5 Å². The minimum absolute atomic E-state index is 0.644. The molecule has 22 heavy (non-hydrogen) atoms. The largest absolute Gasteiger partial charge is 0.383 e. The maximum absolute atomic E-state index is 5.93. The Morgan fingerprint density at radius 1 is 1.09 bits per heavy atom. The number of nitrogens with two attached hydrogens (primary N) is 1. The molecule has 3 rings (SSSR count). The molecule has 0 amide bonds. The van der Waals surface area contributed by atoms with E-state index < -0.39 is 0 Å². The van der Waals surface area contributed by atoms with Crippen LogP contribution >= 0.6 is 0 Å². The second-order valence-corrected chi connectivity index (χ2v) is 5.92. The van der Waals surface area contributed by atoms with Gasteiger partial charge in [-0.15, -0.1) is 0 Å². The number of piperazine rings is 1. The molecule has 0 aliphatic carbocycles. The first kappa shape index (κ1) is 14.8. The molecular weight excluding hydrogens is 274 g/mol. The number of aromatic nitrogens is 2. The molecule has 2 aromatic rings. The molecule has 1 saturated heterocycles. The molecule has 0 radical (unpaired) electrons.